The van der Waals surface area contributed by atoms with Crippen molar-refractivity contribution in [2.24, 2.45) is 5.92 Å². The molecular weight excluding hydrogens is 274 g/mol. The molecular formula is C15H23NO3S. The molecule has 1 heterocycles. The molecule has 1 aliphatic rings. The van der Waals surface area contributed by atoms with Gasteiger partial charge in [0, 0.05) is 12.6 Å². The summed E-state index contributed by atoms with van der Waals surface area (Å²) in [5, 5.41) is 0. The molecule has 0 unspecified atom stereocenters. The lowest BCUT2D eigenvalue weighted by Gasteiger charge is -2.29. The van der Waals surface area contributed by atoms with Gasteiger partial charge in [-0.2, -0.15) is 4.31 Å². The summed E-state index contributed by atoms with van der Waals surface area (Å²) in [5.74, 6) is 0.518. The van der Waals surface area contributed by atoms with Gasteiger partial charge in [0.2, 0.25) is 10.0 Å². The van der Waals surface area contributed by atoms with Gasteiger partial charge >= 0.3 is 0 Å². The summed E-state index contributed by atoms with van der Waals surface area (Å²) in [6.07, 6.45) is 0.825. The lowest BCUT2D eigenvalue weighted by molar-refractivity contribution is 0.100. The van der Waals surface area contributed by atoms with E-state index in [1.165, 1.54) is 0 Å². The summed E-state index contributed by atoms with van der Waals surface area (Å²) < 4.78 is 32.0. The first kappa shape index (κ1) is 15.5. The van der Waals surface area contributed by atoms with Gasteiger partial charge in [-0.25, -0.2) is 8.42 Å². The molecule has 0 N–H and O–H groups in total. The van der Waals surface area contributed by atoms with Crippen LogP contribution < -0.4 is 0 Å². The Hall–Kier alpha value is -0.910. The van der Waals surface area contributed by atoms with Crippen molar-refractivity contribution >= 4 is 10.0 Å². The summed E-state index contributed by atoms with van der Waals surface area (Å²) in [4.78, 5) is 0. The molecule has 2 rings (SSSR count). The number of rotatable bonds is 4. The van der Waals surface area contributed by atoms with E-state index < -0.39 is 10.0 Å². The van der Waals surface area contributed by atoms with E-state index in [1.807, 2.05) is 30.3 Å². The number of benzene rings is 1. The number of ether oxygens (including phenoxy) is 1. The largest absolute Gasteiger partial charge is 0.379 e. The van der Waals surface area contributed by atoms with E-state index >= 15 is 0 Å². The van der Waals surface area contributed by atoms with Crippen LogP contribution in [-0.2, 0) is 21.3 Å². The quantitative estimate of drug-likeness (QED) is 0.856. The molecule has 112 valence electrons. The summed E-state index contributed by atoms with van der Waals surface area (Å²) in [5.41, 5.74) is 1.02. The van der Waals surface area contributed by atoms with Crippen molar-refractivity contribution < 1.29 is 13.2 Å². The molecule has 0 radical (unpaired) electrons. The molecule has 20 heavy (non-hydrogen) atoms. The van der Waals surface area contributed by atoms with E-state index in [9.17, 15) is 8.42 Å². The van der Waals surface area contributed by atoms with Crippen molar-refractivity contribution in [1.82, 2.24) is 4.31 Å². The number of hydrogen-bond donors (Lipinski definition) is 0. The van der Waals surface area contributed by atoms with Gasteiger partial charge in [-0.15, -0.1) is 0 Å². The van der Waals surface area contributed by atoms with Gasteiger partial charge in [0.15, 0.2) is 0 Å². The minimum absolute atomic E-state index is 0.0669. The van der Waals surface area contributed by atoms with Crippen LogP contribution in [0.4, 0.5) is 0 Å². The maximum absolute atomic E-state index is 12.4. The molecule has 1 atom stereocenters. The Labute approximate surface area is 121 Å². The Morgan fingerprint density at radius 1 is 1.30 bits per heavy atom. The molecule has 4 nitrogen and oxygen atoms in total. The zero-order valence-electron chi connectivity index (χ0n) is 12.2. The Bertz CT molecular complexity index is 513. The van der Waals surface area contributed by atoms with Crippen molar-refractivity contribution in [2.45, 2.75) is 32.9 Å². The Morgan fingerprint density at radius 3 is 2.65 bits per heavy atom. The molecule has 1 aliphatic heterocycles. The second-order valence-electron chi connectivity index (χ2n) is 5.71. The fraction of sp³-hybridized carbons (Fsp3) is 0.600. The van der Waals surface area contributed by atoms with E-state index in [0.29, 0.717) is 25.7 Å². The van der Waals surface area contributed by atoms with Gasteiger partial charge in [-0.3, -0.25) is 0 Å². The van der Waals surface area contributed by atoms with Crippen LogP contribution in [0.25, 0.3) is 0 Å². The van der Waals surface area contributed by atoms with Crippen LogP contribution >= 0.6 is 0 Å². The van der Waals surface area contributed by atoms with Crippen LogP contribution in [0, 0.1) is 5.92 Å². The monoisotopic (exact) mass is 297 g/mol. The lowest BCUT2D eigenvalue weighted by atomic mass is 10.0. The van der Waals surface area contributed by atoms with Crippen molar-refractivity contribution in [2.75, 3.05) is 19.0 Å². The Morgan fingerprint density at radius 2 is 2.00 bits per heavy atom. The summed E-state index contributed by atoms with van der Waals surface area (Å²) in [6.45, 7) is 5.44. The van der Waals surface area contributed by atoms with Gasteiger partial charge in [0.25, 0.3) is 0 Å². The maximum Gasteiger partial charge on any atom is 0.217 e. The highest BCUT2D eigenvalue weighted by atomic mass is 32.2. The fourth-order valence-corrected chi connectivity index (χ4v) is 4.04. The average Bonchev–Trinajstić information content (AvgIpc) is 2.52. The van der Waals surface area contributed by atoms with E-state index in [0.717, 1.165) is 12.0 Å². The summed E-state index contributed by atoms with van der Waals surface area (Å²) >= 11 is 0. The zero-order valence-corrected chi connectivity index (χ0v) is 13.0. The second-order valence-corrected chi connectivity index (χ2v) is 7.75. The number of nitrogens with zero attached hydrogens (tertiary/aromatic N) is 1. The molecule has 0 bridgehead atoms. The van der Waals surface area contributed by atoms with Crippen LogP contribution in [0.1, 0.15) is 25.8 Å². The topological polar surface area (TPSA) is 46.6 Å². The molecule has 0 amide bonds. The first-order valence-corrected chi connectivity index (χ1v) is 8.71. The van der Waals surface area contributed by atoms with Crippen molar-refractivity contribution in [1.29, 1.82) is 0 Å². The van der Waals surface area contributed by atoms with E-state index in [4.69, 9.17) is 4.74 Å². The first-order chi connectivity index (χ1) is 9.49. The maximum atomic E-state index is 12.4. The Kier molecular flexibility index (Phi) is 5.18. The molecule has 0 spiro atoms. The number of sulfonamides is 1. The molecule has 5 heteroatoms. The van der Waals surface area contributed by atoms with Crippen LogP contribution in [0.15, 0.2) is 30.3 Å². The normalized spacial score (nSPS) is 23.6. The molecule has 0 saturated carbocycles. The fourth-order valence-electron chi connectivity index (χ4n) is 2.53. The van der Waals surface area contributed by atoms with E-state index in [1.54, 1.807) is 4.31 Å². The van der Waals surface area contributed by atoms with Crippen molar-refractivity contribution in [3.05, 3.63) is 35.9 Å². The highest BCUT2D eigenvalue weighted by Crippen LogP contribution is 2.22. The molecule has 1 aromatic rings. The molecule has 1 aromatic carbocycles. The standard InChI is InChI=1S/C15H23NO3S/c1-13(2)10-15-12-19-8-9-20(17,18)16(15)11-14-6-4-3-5-7-14/h3-7,13,15H,8-12H2,1-2H3/t15-/m0/s1. The van der Waals surface area contributed by atoms with Crippen LogP contribution in [0.5, 0.6) is 0 Å². The van der Waals surface area contributed by atoms with Crippen molar-refractivity contribution in [3.8, 4) is 0 Å². The third kappa shape index (κ3) is 4.04. The van der Waals surface area contributed by atoms with Gasteiger partial charge in [-0.05, 0) is 17.9 Å². The average molecular weight is 297 g/mol. The minimum Gasteiger partial charge on any atom is -0.379 e. The highest BCUT2D eigenvalue weighted by Gasteiger charge is 2.33. The van der Waals surface area contributed by atoms with Gasteiger partial charge in [0.1, 0.15) is 0 Å². The molecule has 0 aliphatic carbocycles. The lowest BCUT2D eigenvalue weighted by Crippen LogP contribution is -2.42. The molecule has 0 aromatic heterocycles. The van der Waals surface area contributed by atoms with Crippen LogP contribution in [0.3, 0.4) is 0 Å². The predicted octanol–water partition coefficient (Wildman–Crippen LogP) is 2.26. The third-order valence-electron chi connectivity index (χ3n) is 3.49. The van der Waals surface area contributed by atoms with Gasteiger partial charge in [0.05, 0.1) is 19.0 Å². The number of hydrogen-bond acceptors (Lipinski definition) is 3. The SMILES string of the molecule is CC(C)C[C@H]1COCCS(=O)(=O)N1Cc1ccccc1. The summed E-state index contributed by atoms with van der Waals surface area (Å²) in [7, 11) is -3.24. The second kappa shape index (κ2) is 6.70. The van der Waals surface area contributed by atoms with E-state index in [-0.39, 0.29) is 11.8 Å². The van der Waals surface area contributed by atoms with Crippen LogP contribution in [0.2, 0.25) is 0 Å². The minimum atomic E-state index is -3.24. The van der Waals surface area contributed by atoms with Gasteiger partial charge < -0.3 is 4.74 Å². The smallest absolute Gasteiger partial charge is 0.217 e. The Balaban J connectivity index is 2.24. The van der Waals surface area contributed by atoms with E-state index in [2.05, 4.69) is 13.8 Å². The molecule has 1 fully saturated rings. The zero-order chi connectivity index (χ0) is 14.6. The summed E-state index contributed by atoms with van der Waals surface area (Å²) in [6, 6.07) is 9.68. The molecule has 1 saturated heterocycles. The third-order valence-corrected chi connectivity index (χ3v) is 5.31. The highest BCUT2D eigenvalue weighted by molar-refractivity contribution is 7.89. The predicted molar refractivity (Wildman–Crippen MR) is 79.8 cm³/mol. The first-order valence-electron chi connectivity index (χ1n) is 7.10. The van der Waals surface area contributed by atoms with Gasteiger partial charge in [-0.1, -0.05) is 44.2 Å². The van der Waals surface area contributed by atoms with Crippen LogP contribution in [-0.4, -0.2) is 37.7 Å². The van der Waals surface area contributed by atoms with Crippen molar-refractivity contribution in [3.63, 3.8) is 0 Å².